The van der Waals surface area contributed by atoms with E-state index in [1.54, 1.807) is 6.07 Å². The number of nitrogens with one attached hydrogen (secondary N) is 1. The van der Waals surface area contributed by atoms with E-state index in [0.29, 0.717) is 29.4 Å². The summed E-state index contributed by atoms with van der Waals surface area (Å²) in [5.41, 5.74) is 6.00. The lowest BCUT2D eigenvalue weighted by atomic mass is 9.96. The third-order valence-electron chi connectivity index (χ3n) is 7.35. The van der Waals surface area contributed by atoms with Crippen molar-refractivity contribution in [3.8, 4) is 28.9 Å². The number of halogens is 1. The van der Waals surface area contributed by atoms with E-state index in [0.717, 1.165) is 46.6 Å². The molecule has 0 saturated carbocycles. The minimum Gasteiger partial charge on any atom is -0.480 e. The van der Waals surface area contributed by atoms with Crippen molar-refractivity contribution in [1.29, 1.82) is 0 Å². The van der Waals surface area contributed by atoms with Gasteiger partial charge in [-0.15, -0.1) is 0 Å². The molecule has 2 aromatic heterocycles. The number of carbonyl (C=O) groups is 2. The van der Waals surface area contributed by atoms with Crippen molar-refractivity contribution in [2.24, 2.45) is 7.05 Å². The first-order valence-electron chi connectivity index (χ1n) is 13.2. The Morgan fingerprint density at radius 3 is 2.43 bits per heavy atom. The quantitative estimate of drug-likeness (QED) is 0.281. The Labute approximate surface area is 248 Å². The molecule has 3 heterocycles. The fraction of sp³-hybridized carbons (Fsp3) is 0.300. The van der Waals surface area contributed by atoms with Crippen molar-refractivity contribution >= 4 is 29.5 Å². The van der Waals surface area contributed by atoms with Crippen molar-refractivity contribution in [2.75, 3.05) is 33.1 Å². The number of imidazole rings is 1. The van der Waals surface area contributed by atoms with Gasteiger partial charge in [0.1, 0.15) is 12.2 Å². The van der Waals surface area contributed by atoms with Crippen LogP contribution < -0.4 is 19.5 Å². The first-order valence-corrected chi connectivity index (χ1v) is 13.6. The Balaban J connectivity index is 1.38. The summed E-state index contributed by atoms with van der Waals surface area (Å²) in [6.07, 6.45) is 1.41. The van der Waals surface area contributed by atoms with E-state index >= 15 is 0 Å². The standard InChI is InChI=1S/C30H31ClN6O5/c1-17-18(16-42-30-34-28(40-4)21(15-38)29(35-30)41-5)8-6-9-19(17)20-10-7-11-22(25(20)31)33-27(39)26-32-23-14-36(2)13-12-24(23)37(26)3/h6-11,15H,12-14,16H2,1-5H3,(H,33,39). The molecule has 2 aromatic carbocycles. The molecule has 12 heteroatoms. The van der Waals surface area contributed by atoms with Crippen LogP contribution in [0.3, 0.4) is 0 Å². The van der Waals surface area contributed by atoms with Crippen LogP contribution >= 0.6 is 11.6 Å². The van der Waals surface area contributed by atoms with Gasteiger partial charge in [0.25, 0.3) is 5.91 Å². The number of amides is 1. The van der Waals surface area contributed by atoms with Crippen molar-refractivity contribution in [3.63, 3.8) is 0 Å². The van der Waals surface area contributed by atoms with Gasteiger partial charge in [0.2, 0.25) is 11.8 Å². The molecular formula is C30H31ClN6O5. The van der Waals surface area contributed by atoms with Gasteiger partial charge in [-0.1, -0.05) is 41.9 Å². The molecule has 0 radical (unpaired) electrons. The minimum atomic E-state index is -0.320. The maximum atomic E-state index is 13.3. The largest absolute Gasteiger partial charge is 0.480 e. The highest BCUT2D eigenvalue weighted by molar-refractivity contribution is 6.36. The van der Waals surface area contributed by atoms with Gasteiger partial charge in [-0.05, 0) is 36.7 Å². The van der Waals surface area contributed by atoms with Crippen LogP contribution in [-0.4, -0.2) is 64.4 Å². The van der Waals surface area contributed by atoms with E-state index in [-0.39, 0.29) is 35.8 Å². The zero-order valence-corrected chi connectivity index (χ0v) is 24.8. The molecule has 1 aliphatic heterocycles. The number of aromatic nitrogens is 4. The molecule has 0 unspecified atom stereocenters. The predicted molar refractivity (Wildman–Crippen MR) is 158 cm³/mol. The van der Waals surface area contributed by atoms with E-state index in [9.17, 15) is 9.59 Å². The number of rotatable bonds is 9. The van der Waals surface area contributed by atoms with E-state index in [1.807, 2.05) is 55.9 Å². The molecule has 1 aliphatic rings. The summed E-state index contributed by atoms with van der Waals surface area (Å²) in [7, 11) is 6.71. The Morgan fingerprint density at radius 2 is 1.74 bits per heavy atom. The molecule has 0 spiro atoms. The number of likely N-dealkylation sites (N-methyl/N-ethyl adjacent to an activating group) is 1. The fourth-order valence-electron chi connectivity index (χ4n) is 5.04. The van der Waals surface area contributed by atoms with Gasteiger partial charge in [-0.3, -0.25) is 9.59 Å². The van der Waals surface area contributed by atoms with Crippen molar-refractivity contribution in [3.05, 3.63) is 75.3 Å². The molecule has 1 amide bonds. The van der Waals surface area contributed by atoms with Crippen LogP contribution in [0.2, 0.25) is 5.02 Å². The molecule has 11 nitrogen and oxygen atoms in total. The summed E-state index contributed by atoms with van der Waals surface area (Å²) in [4.78, 5) is 39.8. The van der Waals surface area contributed by atoms with Gasteiger partial charge in [-0.25, -0.2) is 4.98 Å². The maximum absolute atomic E-state index is 13.3. The van der Waals surface area contributed by atoms with Crippen LogP contribution in [0.25, 0.3) is 11.1 Å². The first kappa shape index (κ1) is 29.0. The van der Waals surface area contributed by atoms with Crippen LogP contribution in [0.5, 0.6) is 17.8 Å². The van der Waals surface area contributed by atoms with E-state index in [4.69, 9.17) is 25.8 Å². The van der Waals surface area contributed by atoms with Gasteiger partial charge >= 0.3 is 6.01 Å². The molecular weight excluding hydrogens is 560 g/mol. The van der Waals surface area contributed by atoms with Gasteiger partial charge in [0.15, 0.2) is 12.1 Å². The number of benzene rings is 2. The van der Waals surface area contributed by atoms with Crippen LogP contribution in [-0.2, 0) is 26.6 Å². The minimum absolute atomic E-state index is 0.00412. The van der Waals surface area contributed by atoms with Crippen LogP contribution in [0.15, 0.2) is 36.4 Å². The van der Waals surface area contributed by atoms with Crippen LogP contribution in [0, 0.1) is 6.92 Å². The number of methoxy groups -OCH3 is 2. The zero-order chi connectivity index (χ0) is 30.0. The zero-order valence-electron chi connectivity index (χ0n) is 24.0. The van der Waals surface area contributed by atoms with Gasteiger partial charge in [0, 0.05) is 37.8 Å². The van der Waals surface area contributed by atoms with Gasteiger partial charge < -0.3 is 29.0 Å². The lowest BCUT2D eigenvalue weighted by Gasteiger charge is -2.21. The van der Waals surface area contributed by atoms with Crippen molar-refractivity contribution in [2.45, 2.75) is 26.5 Å². The Kier molecular flexibility index (Phi) is 8.41. The molecule has 0 aliphatic carbocycles. The summed E-state index contributed by atoms with van der Waals surface area (Å²) in [6, 6.07) is 11.3. The molecule has 0 fully saturated rings. The van der Waals surface area contributed by atoms with Crippen LogP contribution in [0.1, 0.15) is 43.5 Å². The summed E-state index contributed by atoms with van der Waals surface area (Å²) < 4.78 is 18.1. The maximum Gasteiger partial charge on any atom is 0.323 e. The molecule has 0 atom stereocenters. The van der Waals surface area contributed by atoms with Crippen LogP contribution in [0.4, 0.5) is 5.69 Å². The highest BCUT2D eigenvalue weighted by atomic mass is 35.5. The number of hydrogen-bond acceptors (Lipinski definition) is 9. The third-order valence-corrected chi connectivity index (χ3v) is 7.76. The van der Waals surface area contributed by atoms with Gasteiger partial charge in [-0.2, -0.15) is 9.97 Å². The molecule has 4 aromatic rings. The first-order chi connectivity index (χ1) is 20.2. The summed E-state index contributed by atoms with van der Waals surface area (Å²) in [5, 5.41) is 3.36. The number of fused-ring (bicyclic) bond motifs is 1. The third kappa shape index (κ3) is 5.53. The highest BCUT2D eigenvalue weighted by Crippen LogP contribution is 2.37. The topological polar surface area (TPSA) is 121 Å². The predicted octanol–water partition coefficient (Wildman–Crippen LogP) is 4.49. The van der Waals surface area contributed by atoms with E-state index in [2.05, 4.69) is 25.2 Å². The molecule has 42 heavy (non-hydrogen) atoms. The number of aldehydes is 1. The second kappa shape index (κ2) is 12.2. The molecule has 218 valence electrons. The normalized spacial score (nSPS) is 12.9. The average molecular weight is 591 g/mol. The lowest BCUT2D eigenvalue weighted by Crippen LogP contribution is -2.27. The number of carbonyl (C=O) groups excluding carboxylic acids is 2. The Morgan fingerprint density at radius 1 is 1.05 bits per heavy atom. The number of ether oxygens (including phenoxy) is 3. The number of anilines is 1. The van der Waals surface area contributed by atoms with E-state index < -0.39 is 0 Å². The number of nitrogens with zero attached hydrogens (tertiary/aromatic N) is 5. The van der Waals surface area contributed by atoms with Crippen molar-refractivity contribution in [1.82, 2.24) is 24.4 Å². The molecule has 0 saturated heterocycles. The molecule has 0 bridgehead atoms. The van der Waals surface area contributed by atoms with Crippen molar-refractivity contribution < 1.29 is 23.8 Å². The average Bonchev–Trinajstić information content (AvgIpc) is 3.32. The SMILES string of the molecule is COc1nc(OCc2cccc(-c3cccc(NC(=O)c4nc5c(n4C)CCN(C)C5)c3Cl)c2C)nc(OC)c1C=O. The summed E-state index contributed by atoms with van der Waals surface area (Å²) in [6.45, 7) is 3.73. The highest BCUT2D eigenvalue weighted by Gasteiger charge is 2.25. The van der Waals surface area contributed by atoms with Gasteiger partial charge in [0.05, 0.1) is 30.6 Å². The Hall–Kier alpha value is -4.48. The second-order valence-corrected chi connectivity index (χ2v) is 10.3. The monoisotopic (exact) mass is 590 g/mol. The van der Waals surface area contributed by atoms with E-state index in [1.165, 1.54) is 14.2 Å². The molecule has 1 N–H and O–H groups in total. The lowest BCUT2D eigenvalue weighted by molar-refractivity contribution is 0.101. The molecule has 5 rings (SSSR count). The second-order valence-electron chi connectivity index (χ2n) is 9.93. The summed E-state index contributed by atoms with van der Waals surface area (Å²) in [5.74, 6) is 0.143. The smallest absolute Gasteiger partial charge is 0.323 e. The number of hydrogen-bond donors (Lipinski definition) is 1. The Bertz CT molecular complexity index is 1650. The fourth-order valence-corrected chi connectivity index (χ4v) is 5.31. The summed E-state index contributed by atoms with van der Waals surface area (Å²) >= 11 is 6.87.